The Hall–Kier alpha value is -2.18. The molecule has 1 aliphatic heterocycles. The average molecular weight is 344 g/mol. The van der Waals surface area contributed by atoms with E-state index in [9.17, 15) is 13.2 Å². The predicted molar refractivity (Wildman–Crippen MR) is 93.4 cm³/mol. The molecule has 0 aliphatic carbocycles. The Morgan fingerprint density at radius 3 is 2.42 bits per heavy atom. The molecule has 1 heterocycles. The van der Waals surface area contributed by atoms with Crippen molar-refractivity contribution in [1.82, 2.24) is 4.72 Å². The Bertz CT molecular complexity index is 863. The van der Waals surface area contributed by atoms with Crippen molar-refractivity contribution >= 4 is 21.6 Å². The summed E-state index contributed by atoms with van der Waals surface area (Å²) in [5.74, 6) is -0.210. The largest absolute Gasteiger partial charge is 0.311 e. The Kier molecular flexibility index (Phi) is 4.43. The van der Waals surface area contributed by atoms with Gasteiger partial charge in [0.05, 0.1) is 4.90 Å². The van der Waals surface area contributed by atoms with Crippen LogP contribution in [0.1, 0.15) is 17.5 Å². The highest BCUT2D eigenvalue weighted by molar-refractivity contribution is 7.89. The number of hydrogen-bond acceptors (Lipinski definition) is 3. The molecule has 1 fully saturated rings. The molecule has 6 heteroatoms. The summed E-state index contributed by atoms with van der Waals surface area (Å²) < 4.78 is 27.3. The number of rotatable bonds is 4. The van der Waals surface area contributed by atoms with Gasteiger partial charge in [-0.15, -0.1) is 0 Å². The van der Waals surface area contributed by atoms with Crippen molar-refractivity contribution in [1.29, 1.82) is 0 Å². The van der Waals surface area contributed by atoms with E-state index < -0.39 is 16.1 Å². The first-order valence-corrected chi connectivity index (χ1v) is 9.33. The van der Waals surface area contributed by atoms with Gasteiger partial charge < -0.3 is 4.90 Å². The summed E-state index contributed by atoms with van der Waals surface area (Å²) in [5, 5.41) is 0. The van der Waals surface area contributed by atoms with Crippen molar-refractivity contribution in [2.75, 3.05) is 11.4 Å². The number of nitrogens with zero attached hydrogens (tertiary/aromatic N) is 1. The van der Waals surface area contributed by atoms with Crippen LogP contribution in [0.15, 0.2) is 53.4 Å². The van der Waals surface area contributed by atoms with Gasteiger partial charge in [-0.2, -0.15) is 4.72 Å². The van der Waals surface area contributed by atoms with Crippen molar-refractivity contribution in [2.24, 2.45) is 0 Å². The minimum atomic E-state index is -3.69. The maximum Gasteiger partial charge on any atom is 0.245 e. The Balaban J connectivity index is 1.78. The summed E-state index contributed by atoms with van der Waals surface area (Å²) >= 11 is 0. The van der Waals surface area contributed by atoms with Gasteiger partial charge in [-0.25, -0.2) is 8.42 Å². The van der Waals surface area contributed by atoms with Crippen LogP contribution >= 0.6 is 0 Å². The van der Waals surface area contributed by atoms with E-state index in [1.165, 1.54) is 12.1 Å². The number of benzene rings is 2. The quantitative estimate of drug-likeness (QED) is 0.926. The van der Waals surface area contributed by atoms with Crippen LogP contribution in [0.4, 0.5) is 5.69 Å². The van der Waals surface area contributed by atoms with Crippen LogP contribution in [0.3, 0.4) is 0 Å². The van der Waals surface area contributed by atoms with Gasteiger partial charge in [0.2, 0.25) is 15.9 Å². The molecule has 1 unspecified atom stereocenters. The van der Waals surface area contributed by atoms with Crippen LogP contribution < -0.4 is 9.62 Å². The van der Waals surface area contributed by atoms with E-state index in [0.717, 1.165) is 16.8 Å². The second-order valence-electron chi connectivity index (χ2n) is 6.03. The van der Waals surface area contributed by atoms with E-state index in [1.54, 1.807) is 23.1 Å². The predicted octanol–water partition coefficient (Wildman–Crippen LogP) is 2.39. The van der Waals surface area contributed by atoms with Crippen LogP contribution in [-0.2, 0) is 14.8 Å². The van der Waals surface area contributed by atoms with E-state index in [0.29, 0.717) is 13.0 Å². The zero-order chi connectivity index (χ0) is 17.3. The van der Waals surface area contributed by atoms with Crippen LogP contribution in [0, 0.1) is 13.8 Å². The highest BCUT2D eigenvalue weighted by Gasteiger charge is 2.35. The van der Waals surface area contributed by atoms with Gasteiger partial charge in [-0.05, 0) is 55.7 Å². The maximum atomic E-state index is 12.6. The van der Waals surface area contributed by atoms with E-state index in [2.05, 4.69) is 4.72 Å². The molecule has 5 nitrogen and oxygen atoms in total. The van der Waals surface area contributed by atoms with Crippen LogP contribution in [-0.4, -0.2) is 26.9 Å². The van der Waals surface area contributed by atoms with E-state index in [4.69, 9.17) is 0 Å². The Labute approximate surface area is 142 Å². The summed E-state index contributed by atoms with van der Waals surface area (Å²) in [7, 11) is -3.69. The van der Waals surface area contributed by atoms with Crippen LogP contribution in [0.2, 0.25) is 0 Å². The van der Waals surface area contributed by atoms with Crippen LogP contribution in [0.5, 0.6) is 0 Å². The summed E-state index contributed by atoms with van der Waals surface area (Å²) in [6, 6.07) is 13.2. The maximum absolute atomic E-state index is 12.6. The molecule has 24 heavy (non-hydrogen) atoms. The SMILES string of the molecule is Cc1ccc(N2CCC(NS(=O)(=O)c3ccccc3)C2=O)cc1C. The molecule has 126 valence electrons. The third kappa shape index (κ3) is 3.20. The standard InChI is InChI=1S/C18H20N2O3S/c1-13-8-9-15(12-14(13)2)20-11-10-17(18(20)21)19-24(22,23)16-6-4-3-5-7-16/h3-9,12,17,19H,10-11H2,1-2H3. The number of sulfonamides is 1. The van der Waals surface area contributed by atoms with Crippen molar-refractivity contribution in [3.63, 3.8) is 0 Å². The number of carbonyl (C=O) groups is 1. The van der Waals surface area contributed by atoms with Gasteiger partial charge in [0.1, 0.15) is 6.04 Å². The number of anilines is 1. The van der Waals surface area contributed by atoms with Gasteiger partial charge in [-0.3, -0.25) is 4.79 Å². The second kappa shape index (κ2) is 6.37. The summed E-state index contributed by atoms with van der Waals surface area (Å²) in [4.78, 5) is 14.4. The molecule has 0 radical (unpaired) electrons. The summed E-state index contributed by atoms with van der Waals surface area (Å²) in [6.07, 6.45) is 0.456. The first-order chi connectivity index (χ1) is 11.4. The van der Waals surface area contributed by atoms with Crippen molar-refractivity contribution in [3.8, 4) is 0 Å². The summed E-state index contributed by atoms with van der Waals surface area (Å²) in [6.45, 7) is 4.51. The van der Waals surface area contributed by atoms with Crippen LogP contribution in [0.25, 0.3) is 0 Å². The minimum absolute atomic E-state index is 0.169. The number of nitrogens with one attached hydrogen (secondary N) is 1. The summed E-state index contributed by atoms with van der Waals surface area (Å²) in [5.41, 5.74) is 3.07. The minimum Gasteiger partial charge on any atom is -0.311 e. The topological polar surface area (TPSA) is 66.5 Å². The molecule has 3 rings (SSSR count). The monoisotopic (exact) mass is 344 g/mol. The van der Waals surface area contributed by atoms with Crippen molar-refractivity contribution in [3.05, 3.63) is 59.7 Å². The van der Waals surface area contributed by atoms with Crippen molar-refractivity contribution < 1.29 is 13.2 Å². The number of amides is 1. The fraction of sp³-hybridized carbons (Fsp3) is 0.278. The molecule has 0 spiro atoms. The average Bonchev–Trinajstić information content (AvgIpc) is 2.91. The zero-order valence-electron chi connectivity index (χ0n) is 13.7. The lowest BCUT2D eigenvalue weighted by Gasteiger charge is -2.18. The normalized spacial score (nSPS) is 18.2. The lowest BCUT2D eigenvalue weighted by molar-refractivity contribution is -0.118. The van der Waals surface area contributed by atoms with Gasteiger partial charge in [-0.1, -0.05) is 24.3 Å². The highest BCUT2D eigenvalue weighted by Crippen LogP contribution is 2.24. The molecule has 1 N–H and O–H groups in total. The molecular weight excluding hydrogens is 324 g/mol. The van der Waals surface area contributed by atoms with E-state index in [-0.39, 0.29) is 10.8 Å². The molecule has 1 saturated heterocycles. The smallest absolute Gasteiger partial charge is 0.245 e. The molecule has 0 saturated carbocycles. The van der Waals surface area contributed by atoms with Gasteiger partial charge in [0, 0.05) is 12.2 Å². The first-order valence-electron chi connectivity index (χ1n) is 7.84. The molecule has 0 aromatic heterocycles. The molecule has 2 aromatic rings. The van der Waals surface area contributed by atoms with Gasteiger partial charge in [0.25, 0.3) is 0 Å². The molecule has 1 amide bonds. The first kappa shape index (κ1) is 16.7. The zero-order valence-corrected chi connectivity index (χ0v) is 14.5. The third-order valence-electron chi connectivity index (χ3n) is 4.36. The molecule has 1 aliphatic rings. The molecule has 0 bridgehead atoms. The molecule has 2 aromatic carbocycles. The van der Waals surface area contributed by atoms with E-state index in [1.807, 2.05) is 32.0 Å². The lowest BCUT2D eigenvalue weighted by atomic mass is 10.1. The fourth-order valence-electron chi connectivity index (χ4n) is 2.79. The second-order valence-corrected chi connectivity index (χ2v) is 7.75. The number of aryl methyl sites for hydroxylation is 2. The molecular formula is C18H20N2O3S. The fourth-order valence-corrected chi connectivity index (χ4v) is 4.04. The van der Waals surface area contributed by atoms with E-state index >= 15 is 0 Å². The number of carbonyl (C=O) groups excluding carboxylic acids is 1. The highest BCUT2D eigenvalue weighted by atomic mass is 32.2. The Morgan fingerprint density at radius 1 is 1.04 bits per heavy atom. The van der Waals surface area contributed by atoms with Crippen molar-refractivity contribution in [2.45, 2.75) is 31.2 Å². The Morgan fingerprint density at radius 2 is 1.75 bits per heavy atom. The molecule has 1 atom stereocenters. The lowest BCUT2D eigenvalue weighted by Crippen LogP contribution is -2.41. The van der Waals surface area contributed by atoms with Gasteiger partial charge in [0.15, 0.2) is 0 Å². The third-order valence-corrected chi connectivity index (χ3v) is 5.85. The van der Waals surface area contributed by atoms with Gasteiger partial charge >= 0.3 is 0 Å². The number of hydrogen-bond donors (Lipinski definition) is 1.